The largest absolute Gasteiger partial charge is 0.347 e. The highest BCUT2D eigenvalue weighted by atomic mass is 79.9. The van der Waals surface area contributed by atoms with E-state index in [1.165, 1.54) is 0 Å². The molecule has 10 heteroatoms. The Labute approximate surface area is 177 Å². The number of halogens is 2. The molecular formula is C19H21BrFN3O4S. The van der Waals surface area contributed by atoms with Crippen LogP contribution < -0.4 is 15.4 Å². The summed E-state index contributed by atoms with van der Waals surface area (Å²) in [7, 11) is -3.76. The minimum absolute atomic E-state index is 0.0391. The van der Waals surface area contributed by atoms with Crippen molar-refractivity contribution in [1.29, 1.82) is 0 Å². The zero-order chi connectivity index (χ0) is 21.4. The van der Waals surface area contributed by atoms with Crippen LogP contribution in [0.5, 0.6) is 0 Å². The van der Waals surface area contributed by atoms with Gasteiger partial charge < -0.3 is 10.6 Å². The van der Waals surface area contributed by atoms with E-state index >= 15 is 0 Å². The maximum Gasteiger partial charge on any atom is 0.243 e. The Hall–Kier alpha value is -2.30. The molecule has 0 aromatic heterocycles. The average molecular weight is 486 g/mol. The van der Waals surface area contributed by atoms with E-state index in [1.54, 1.807) is 12.1 Å². The van der Waals surface area contributed by atoms with E-state index in [0.717, 1.165) is 34.3 Å². The van der Waals surface area contributed by atoms with Crippen LogP contribution in [0.25, 0.3) is 0 Å². The Morgan fingerprint density at radius 3 is 2.41 bits per heavy atom. The highest BCUT2D eigenvalue weighted by Crippen LogP contribution is 2.19. The minimum Gasteiger partial charge on any atom is -0.347 e. The second-order valence-electron chi connectivity index (χ2n) is 6.24. The summed E-state index contributed by atoms with van der Waals surface area (Å²) in [5.41, 5.74) is 1.54. The first-order valence-electron chi connectivity index (χ1n) is 8.75. The molecule has 2 amide bonds. The van der Waals surface area contributed by atoms with Crippen molar-refractivity contribution in [2.45, 2.75) is 24.7 Å². The molecule has 7 nitrogen and oxygen atoms in total. The summed E-state index contributed by atoms with van der Waals surface area (Å²) in [5.74, 6) is -1.26. The van der Waals surface area contributed by atoms with Gasteiger partial charge in [0.1, 0.15) is 5.82 Å². The molecular weight excluding hydrogens is 465 g/mol. The molecule has 0 saturated carbocycles. The van der Waals surface area contributed by atoms with Crippen LogP contribution >= 0.6 is 15.9 Å². The minimum atomic E-state index is -3.76. The normalized spacial score (nSPS) is 11.1. The van der Waals surface area contributed by atoms with Crippen LogP contribution in [0.15, 0.2) is 51.8 Å². The molecule has 0 unspecified atom stereocenters. The van der Waals surface area contributed by atoms with Crippen molar-refractivity contribution in [1.82, 2.24) is 10.0 Å². The first-order valence-corrected chi connectivity index (χ1v) is 11.0. The van der Waals surface area contributed by atoms with Gasteiger partial charge in [-0.15, -0.1) is 0 Å². The second kappa shape index (κ2) is 10.5. The summed E-state index contributed by atoms with van der Waals surface area (Å²) >= 11 is 3.34. The maximum atomic E-state index is 12.9. The highest BCUT2D eigenvalue weighted by Gasteiger charge is 2.13. The van der Waals surface area contributed by atoms with Gasteiger partial charge in [0, 0.05) is 23.1 Å². The Morgan fingerprint density at radius 1 is 1.07 bits per heavy atom. The fourth-order valence-corrected chi connectivity index (χ4v) is 3.93. The van der Waals surface area contributed by atoms with Gasteiger partial charge >= 0.3 is 0 Å². The SMILES string of the molecule is Cc1cc(Br)ccc1NC(=O)CNC(=O)CCCNS(=O)(=O)c1ccc(F)cc1. The van der Waals surface area contributed by atoms with Gasteiger partial charge in [-0.1, -0.05) is 15.9 Å². The maximum absolute atomic E-state index is 12.9. The van der Waals surface area contributed by atoms with Crippen molar-refractivity contribution >= 4 is 43.5 Å². The summed E-state index contributed by atoms with van der Waals surface area (Å²) in [6.45, 7) is 1.71. The number of hydrogen-bond acceptors (Lipinski definition) is 4. The molecule has 0 heterocycles. The van der Waals surface area contributed by atoms with E-state index in [1.807, 2.05) is 13.0 Å². The lowest BCUT2D eigenvalue weighted by molar-refractivity contribution is -0.124. The number of carbonyl (C=O) groups excluding carboxylic acids is 2. The highest BCUT2D eigenvalue weighted by molar-refractivity contribution is 9.10. The number of rotatable bonds is 9. The molecule has 0 atom stereocenters. The number of benzene rings is 2. The standard InChI is InChI=1S/C19H21BrFN3O4S/c1-13-11-14(20)4-9-17(13)24-19(26)12-22-18(25)3-2-10-23-29(27,28)16-7-5-15(21)6-8-16/h4-9,11,23H,2-3,10,12H2,1H3,(H,22,25)(H,24,26). The fourth-order valence-electron chi connectivity index (χ4n) is 2.38. The predicted octanol–water partition coefficient (Wildman–Crippen LogP) is 2.71. The van der Waals surface area contributed by atoms with E-state index in [9.17, 15) is 22.4 Å². The van der Waals surface area contributed by atoms with Crippen LogP contribution in [0.4, 0.5) is 10.1 Å². The van der Waals surface area contributed by atoms with Gasteiger partial charge in [-0.2, -0.15) is 0 Å². The molecule has 0 spiro atoms. The monoisotopic (exact) mass is 485 g/mol. The zero-order valence-corrected chi connectivity index (χ0v) is 18.1. The molecule has 2 rings (SSSR count). The van der Waals surface area contributed by atoms with Crippen molar-refractivity contribution in [2.24, 2.45) is 0 Å². The van der Waals surface area contributed by atoms with Gasteiger partial charge in [0.25, 0.3) is 0 Å². The third-order valence-electron chi connectivity index (χ3n) is 3.91. The molecule has 0 aliphatic carbocycles. The van der Waals surface area contributed by atoms with Crippen molar-refractivity contribution < 1.29 is 22.4 Å². The molecule has 3 N–H and O–H groups in total. The third kappa shape index (κ3) is 7.56. The summed E-state index contributed by atoms with van der Waals surface area (Å²) < 4.78 is 40.2. The van der Waals surface area contributed by atoms with E-state index in [4.69, 9.17) is 0 Å². The summed E-state index contributed by atoms with van der Waals surface area (Å²) in [5, 5.41) is 5.20. The molecule has 0 aliphatic rings. The lowest BCUT2D eigenvalue weighted by atomic mass is 10.2. The van der Waals surface area contributed by atoms with E-state index in [2.05, 4.69) is 31.3 Å². The van der Waals surface area contributed by atoms with Crippen LogP contribution in [-0.2, 0) is 19.6 Å². The molecule has 0 aliphatic heterocycles. The number of anilines is 1. The van der Waals surface area contributed by atoms with E-state index in [0.29, 0.717) is 5.69 Å². The van der Waals surface area contributed by atoms with Crippen LogP contribution in [0.3, 0.4) is 0 Å². The van der Waals surface area contributed by atoms with Crippen LogP contribution in [0.2, 0.25) is 0 Å². The Kier molecular flexibility index (Phi) is 8.30. The number of carbonyl (C=O) groups is 2. The number of amides is 2. The zero-order valence-electron chi connectivity index (χ0n) is 15.7. The summed E-state index contributed by atoms with van der Waals surface area (Å²) in [4.78, 5) is 23.7. The van der Waals surface area contributed by atoms with Gasteiger partial charge in [0.15, 0.2) is 0 Å². The molecule has 0 bridgehead atoms. The molecule has 29 heavy (non-hydrogen) atoms. The van der Waals surface area contributed by atoms with Gasteiger partial charge in [-0.25, -0.2) is 17.5 Å². The first kappa shape index (κ1) is 23.0. The quantitative estimate of drug-likeness (QED) is 0.474. The lowest BCUT2D eigenvalue weighted by Gasteiger charge is -2.10. The molecule has 156 valence electrons. The second-order valence-corrected chi connectivity index (χ2v) is 8.92. The van der Waals surface area contributed by atoms with Crippen LogP contribution in [-0.4, -0.2) is 33.3 Å². The molecule has 0 saturated heterocycles. The van der Waals surface area contributed by atoms with E-state index in [-0.39, 0.29) is 42.6 Å². The number of nitrogens with one attached hydrogen (secondary N) is 3. The van der Waals surface area contributed by atoms with E-state index < -0.39 is 15.8 Å². The first-order chi connectivity index (χ1) is 13.7. The molecule has 0 fully saturated rings. The van der Waals surface area contributed by atoms with Gasteiger partial charge in [0.05, 0.1) is 11.4 Å². The number of hydrogen-bond donors (Lipinski definition) is 3. The molecule has 2 aromatic carbocycles. The van der Waals surface area contributed by atoms with Crippen LogP contribution in [0.1, 0.15) is 18.4 Å². The molecule has 0 radical (unpaired) electrons. The Morgan fingerprint density at radius 2 is 1.76 bits per heavy atom. The fraction of sp³-hybridized carbons (Fsp3) is 0.263. The number of aryl methyl sites for hydroxylation is 1. The lowest BCUT2D eigenvalue weighted by Crippen LogP contribution is -2.33. The Balaban J connectivity index is 1.69. The average Bonchev–Trinajstić information content (AvgIpc) is 2.66. The summed E-state index contributed by atoms with van der Waals surface area (Å²) in [6.07, 6.45) is 0.302. The van der Waals surface area contributed by atoms with Gasteiger partial charge in [-0.05, 0) is 61.4 Å². The van der Waals surface area contributed by atoms with Crippen molar-refractivity contribution in [3.63, 3.8) is 0 Å². The van der Waals surface area contributed by atoms with Gasteiger partial charge in [-0.3, -0.25) is 9.59 Å². The molecule has 2 aromatic rings. The topological polar surface area (TPSA) is 104 Å². The van der Waals surface area contributed by atoms with Crippen molar-refractivity contribution in [2.75, 3.05) is 18.4 Å². The third-order valence-corrected chi connectivity index (χ3v) is 5.88. The van der Waals surface area contributed by atoms with Crippen LogP contribution in [0, 0.1) is 12.7 Å². The summed E-state index contributed by atoms with van der Waals surface area (Å²) in [6, 6.07) is 9.86. The van der Waals surface area contributed by atoms with Crippen molar-refractivity contribution in [3.8, 4) is 0 Å². The van der Waals surface area contributed by atoms with Crippen molar-refractivity contribution in [3.05, 3.63) is 58.3 Å². The van der Waals surface area contributed by atoms with Gasteiger partial charge in [0.2, 0.25) is 21.8 Å². The Bertz CT molecular complexity index is 981. The predicted molar refractivity (Wildman–Crippen MR) is 111 cm³/mol. The smallest absolute Gasteiger partial charge is 0.243 e. The number of sulfonamides is 1.